The number of amides is 1. The summed E-state index contributed by atoms with van der Waals surface area (Å²) in [5, 5.41) is 0. The molecule has 1 aromatic rings. The van der Waals surface area contributed by atoms with Gasteiger partial charge in [-0.1, -0.05) is 25.5 Å². The first-order chi connectivity index (χ1) is 13.0. The van der Waals surface area contributed by atoms with E-state index in [4.69, 9.17) is 4.74 Å². The number of carbonyl (C=O) groups excluding carboxylic acids is 1. The van der Waals surface area contributed by atoms with E-state index in [2.05, 4.69) is 24.0 Å². The second kappa shape index (κ2) is 10.3. The van der Waals surface area contributed by atoms with Gasteiger partial charge in [-0.25, -0.2) is 0 Å². The SMILES string of the molecule is CCCCN(CC)C(=O)C(C)=N/C(C)=C(\C)c1ccc(OC2CCC2)cc1. The van der Waals surface area contributed by atoms with Gasteiger partial charge >= 0.3 is 0 Å². The fourth-order valence-corrected chi connectivity index (χ4v) is 3.04. The maximum atomic E-state index is 12.6. The third-order valence-corrected chi connectivity index (χ3v) is 5.28. The van der Waals surface area contributed by atoms with Crippen LogP contribution in [0.5, 0.6) is 5.75 Å². The molecule has 0 radical (unpaired) electrons. The Morgan fingerprint density at radius 3 is 2.33 bits per heavy atom. The van der Waals surface area contributed by atoms with E-state index in [1.54, 1.807) is 0 Å². The molecule has 4 nitrogen and oxygen atoms in total. The van der Waals surface area contributed by atoms with E-state index in [0.717, 1.165) is 61.4 Å². The van der Waals surface area contributed by atoms with Gasteiger partial charge in [0.1, 0.15) is 11.5 Å². The van der Waals surface area contributed by atoms with Gasteiger partial charge < -0.3 is 9.64 Å². The number of unbranched alkanes of at least 4 members (excludes halogenated alkanes) is 1. The van der Waals surface area contributed by atoms with Crippen LogP contribution < -0.4 is 4.74 Å². The van der Waals surface area contributed by atoms with Gasteiger partial charge in [0.15, 0.2) is 0 Å². The number of benzene rings is 1. The normalized spacial score (nSPS) is 15.8. The molecule has 1 aliphatic carbocycles. The zero-order chi connectivity index (χ0) is 19.8. The molecular formula is C23H34N2O2. The van der Waals surface area contributed by atoms with E-state index in [9.17, 15) is 4.79 Å². The molecule has 0 aromatic heterocycles. The van der Waals surface area contributed by atoms with Crippen LogP contribution in [0.1, 0.15) is 72.3 Å². The molecule has 0 aliphatic heterocycles. The van der Waals surface area contributed by atoms with Crippen LogP contribution in [0.25, 0.3) is 5.57 Å². The topological polar surface area (TPSA) is 41.9 Å². The Balaban J connectivity index is 2.07. The summed E-state index contributed by atoms with van der Waals surface area (Å²) in [4.78, 5) is 19.1. The van der Waals surface area contributed by atoms with E-state index >= 15 is 0 Å². The van der Waals surface area contributed by atoms with E-state index in [1.165, 1.54) is 6.42 Å². The molecule has 148 valence electrons. The van der Waals surface area contributed by atoms with Gasteiger partial charge in [-0.3, -0.25) is 9.79 Å². The first kappa shape index (κ1) is 21.2. The van der Waals surface area contributed by atoms with Crippen molar-refractivity contribution in [1.29, 1.82) is 0 Å². The van der Waals surface area contributed by atoms with E-state index in [1.807, 2.05) is 44.7 Å². The van der Waals surface area contributed by atoms with Crippen molar-refractivity contribution in [2.24, 2.45) is 4.99 Å². The van der Waals surface area contributed by atoms with Crippen molar-refractivity contribution in [2.75, 3.05) is 13.1 Å². The standard InChI is InChI=1S/C23H34N2O2/c1-6-8-16-25(7-2)23(26)19(5)24-18(4)17(3)20-12-14-22(15-13-20)27-21-10-9-11-21/h12-15,21H,6-11,16H2,1-5H3/b18-17+,24-19?. The molecule has 1 amide bonds. The summed E-state index contributed by atoms with van der Waals surface area (Å²) in [6.07, 6.45) is 6.09. The van der Waals surface area contributed by atoms with E-state index in [0.29, 0.717) is 11.8 Å². The molecule has 1 aromatic carbocycles. The zero-order valence-corrected chi connectivity index (χ0v) is 17.5. The summed E-state index contributed by atoms with van der Waals surface area (Å²) in [5.41, 5.74) is 3.61. The minimum Gasteiger partial charge on any atom is -0.490 e. The largest absolute Gasteiger partial charge is 0.490 e. The van der Waals surface area contributed by atoms with Gasteiger partial charge in [0.05, 0.1) is 6.10 Å². The van der Waals surface area contributed by atoms with Gasteiger partial charge in [-0.05, 0) is 76.6 Å². The molecule has 0 heterocycles. The lowest BCUT2D eigenvalue weighted by Crippen LogP contribution is -2.36. The fraction of sp³-hybridized carbons (Fsp3) is 0.565. The predicted octanol–water partition coefficient (Wildman–Crippen LogP) is 5.48. The Morgan fingerprint density at radius 1 is 1.15 bits per heavy atom. The van der Waals surface area contributed by atoms with Crippen molar-refractivity contribution < 1.29 is 9.53 Å². The Labute approximate surface area is 164 Å². The highest BCUT2D eigenvalue weighted by molar-refractivity contribution is 6.38. The minimum absolute atomic E-state index is 0.0300. The van der Waals surface area contributed by atoms with Crippen molar-refractivity contribution in [3.8, 4) is 5.75 Å². The molecule has 0 atom stereocenters. The molecule has 0 spiro atoms. The van der Waals surface area contributed by atoms with E-state index in [-0.39, 0.29) is 5.91 Å². The second-order valence-corrected chi connectivity index (χ2v) is 7.34. The van der Waals surface area contributed by atoms with Crippen molar-refractivity contribution in [2.45, 2.75) is 72.8 Å². The molecule has 1 fully saturated rings. The van der Waals surface area contributed by atoms with Crippen LogP contribution in [0.3, 0.4) is 0 Å². The molecule has 0 N–H and O–H groups in total. The monoisotopic (exact) mass is 370 g/mol. The average Bonchev–Trinajstić information content (AvgIpc) is 2.64. The number of aliphatic imine (C=N–C) groups is 1. The third-order valence-electron chi connectivity index (χ3n) is 5.28. The number of rotatable bonds is 9. The first-order valence-corrected chi connectivity index (χ1v) is 10.2. The Hall–Kier alpha value is -2.10. The summed E-state index contributed by atoms with van der Waals surface area (Å²) >= 11 is 0. The Kier molecular flexibility index (Phi) is 8.08. The Bertz CT molecular complexity index is 685. The lowest BCUT2D eigenvalue weighted by molar-refractivity contribution is -0.124. The smallest absolute Gasteiger partial charge is 0.267 e. The number of nitrogens with zero attached hydrogens (tertiary/aromatic N) is 2. The molecule has 27 heavy (non-hydrogen) atoms. The van der Waals surface area contributed by atoms with Crippen molar-refractivity contribution in [3.05, 3.63) is 35.5 Å². The lowest BCUT2D eigenvalue weighted by Gasteiger charge is -2.26. The average molecular weight is 371 g/mol. The zero-order valence-electron chi connectivity index (χ0n) is 17.5. The highest BCUT2D eigenvalue weighted by atomic mass is 16.5. The molecule has 4 heteroatoms. The van der Waals surface area contributed by atoms with Crippen LogP contribution >= 0.6 is 0 Å². The van der Waals surface area contributed by atoms with Crippen LogP contribution in [-0.4, -0.2) is 35.7 Å². The van der Waals surface area contributed by atoms with E-state index < -0.39 is 0 Å². The van der Waals surface area contributed by atoms with Crippen molar-refractivity contribution in [3.63, 3.8) is 0 Å². The summed E-state index contributed by atoms with van der Waals surface area (Å²) in [5.74, 6) is 0.959. The van der Waals surface area contributed by atoms with Crippen LogP contribution in [0.4, 0.5) is 0 Å². The van der Waals surface area contributed by atoms with Crippen LogP contribution in [0.15, 0.2) is 35.0 Å². The number of allylic oxidation sites excluding steroid dienone is 2. The first-order valence-electron chi connectivity index (χ1n) is 10.2. The third kappa shape index (κ3) is 5.95. The molecule has 2 rings (SSSR count). The number of hydrogen-bond acceptors (Lipinski definition) is 3. The number of hydrogen-bond donors (Lipinski definition) is 0. The van der Waals surface area contributed by atoms with Crippen molar-refractivity contribution >= 4 is 17.2 Å². The number of ether oxygens (including phenoxy) is 1. The summed E-state index contributed by atoms with van der Waals surface area (Å²) in [6, 6.07) is 8.18. The highest BCUT2D eigenvalue weighted by Crippen LogP contribution is 2.27. The quantitative estimate of drug-likeness (QED) is 0.540. The summed E-state index contributed by atoms with van der Waals surface area (Å²) in [6.45, 7) is 11.5. The second-order valence-electron chi connectivity index (χ2n) is 7.34. The lowest BCUT2D eigenvalue weighted by atomic mass is 9.96. The highest BCUT2D eigenvalue weighted by Gasteiger charge is 2.19. The molecule has 0 unspecified atom stereocenters. The Morgan fingerprint density at radius 2 is 1.81 bits per heavy atom. The van der Waals surface area contributed by atoms with Gasteiger partial charge in [-0.2, -0.15) is 0 Å². The van der Waals surface area contributed by atoms with Gasteiger partial charge in [-0.15, -0.1) is 0 Å². The molecular weight excluding hydrogens is 336 g/mol. The van der Waals surface area contributed by atoms with Gasteiger partial charge in [0.25, 0.3) is 5.91 Å². The minimum atomic E-state index is 0.0300. The van der Waals surface area contributed by atoms with Gasteiger partial charge in [0.2, 0.25) is 0 Å². The maximum absolute atomic E-state index is 12.6. The summed E-state index contributed by atoms with van der Waals surface area (Å²) in [7, 11) is 0. The van der Waals surface area contributed by atoms with Gasteiger partial charge in [0, 0.05) is 18.8 Å². The molecule has 0 bridgehead atoms. The predicted molar refractivity (Wildman–Crippen MR) is 113 cm³/mol. The van der Waals surface area contributed by atoms with Crippen LogP contribution in [0.2, 0.25) is 0 Å². The van der Waals surface area contributed by atoms with Crippen molar-refractivity contribution in [1.82, 2.24) is 4.90 Å². The molecule has 1 saturated carbocycles. The summed E-state index contributed by atoms with van der Waals surface area (Å²) < 4.78 is 5.92. The fourth-order valence-electron chi connectivity index (χ4n) is 3.04. The van der Waals surface area contributed by atoms with Crippen LogP contribution in [-0.2, 0) is 4.79 Å². The van der Waals surface area contributed by atoms with Crippen LogP contribution in [0, 0.1) is 0 Å². The molecule has 0 saturated heterocycles. The number of carbonyl (C=O) groups is 1. The molecule has 1 aliphatic rings. The maximum Gasteiger partial charge on any atom is 0.267 e.